The second kappa shape index (κ2) is 12.2. The molecule has 5 heterocycles. The van der Waals surface area contributed by atoms with E-state index in [4.69, 9.17) is 11.0 Å². The summed E-state index contributed by atoms with van der Waals surface area (Å²) in [6, 6.07) is 4.27. The molecule has 2 amide bonds. The van der Waals surface area contributed by atoms with Gasteiger partial charge >= 0.3 is 29.6 Å². The number of anilines is 1. The molecule has 3 aromatic heterocycles. The first kappa shape index (κ1) is 30.0. The van der Waals surface area contributed by atoms with E-state index >= 15 is 0 Å². The Bertz CT molecular complexity index is 1680. The van der Waals surface area contributed by atoms with Gasteiger partial charge in [-0.2, -0.15) is 14.6 Å². The first-order valence-electron chi connectivity index (χ1n) is 11.3. The Hall–Kier alpha value is -4.02. The summed E-state index contributed by atoms with van der Waals surface area (Å²) in [4.78, 5) is 58.3. The number of hydrogen-bond acceptors (Lipinski definition) is 14. The van der Waals surface area contributed by atoms with Crippen molar-refractivity contribution >= 4 is 63.5 Å². The van der Waals surface area contributed by atoms with Crippen molar-refractivity contribution in [3.8, 4) is 6.07 Å². The Morgan fingerprint density at radius 3 is 2.78 bits per heavy atom. The van der Waals surface area contributed by atoms with Gasteiger partial charge < -0.3 is 35.7 Å². The number of nitriles is 1. The molecule has 2 unspecified atom stereocenters. The predicted octanol–water partition coefficient (Wildman–Crippen LogP) is -6.89. The van der Waals surface area contributed by atoms with Crippen LogP contribution in [0.5, 0.6) is 0 Å². The number of fused-ring (bicyclic) bond motifs is 2. The molecule has 1 saturated heterocycles. The van der Waals surface area contributed by atoms with Gasteiger partial charge in [0, 0.05) is 28.9 Å². The average Bonchev–Trinajstić information content (AvgIpc) is 3.54. The third-order valence-corrected chi connectivity index (χ3v) is 7.76. The number of rotatable bonds is 9. The van der Waals surface area contributed by atoms with Gasteiger partial charge in [0.25, 0.3) is 17.5 Å². The number of carbonyl (C=O) groups is 4. The van der Waals surface area contributed by atoms with Gasteiger partial charge in [0.2, 0.25) is 11.5 Å². The van der Waals surface area contributed by atoms with Gasteiger partial charge in [0.1, 0.15) is 42.6 Å². The van der Waals surface area contributed by atoms with Crippen LogP contribution in [0.25, 0.3) is 5.65 Å². The third kappa shape index (κ3) is 5.89. The van der Waals surface area contributed by atoms with Crippen LogP contribution in [0.4, 0.5) is 5.13 Å². The molecule has 2 aliphatic rings. The minimum absolute atomic E-state index is 0. The molecule has 0 spiro atoms. The number of nitrogens with one attached hydrogen (secondary N) is 1. The van der Waals surface area contributed by atoms with E-state index in [1.807, 2.05) is 6.07 Å². The van der Waals surface area contributed by atoms with Crippen molar-refractivity contribution in [1.29, 1.82) is 5.26 Å². The number of carboxylic acids is 2. The maximum Gasteiger partial charge on any atom is 1.00 e. The molecule has 0 aromatic carbocycles. The van der Waals surface area contributed by atoms with Crippen LogP contribution in [0.15, 0.2) is 47.1 Å². The zero-order chi connectivity index (χ0) is 28.6. The Kier molecular flexibility index (Phi) is 8.94. The zero-order valence-corrected chi connectivity index (χ0v) is 24.7. The SMILES string of the molecule is N#Cc1ccc2n(cc[n+]2CC2=C(C(=O)[O-])N3C(=O)C(NC(=O)/C(=N/OCC(=O)[O-])c4nsc(N)n4)C3SC2)c1.[Na+]. The van der Waals surface area contributed by atoms with Gasteiger partial charge in [-0.15, -0.1) is 11.8 Å². The summed E-state index contributed by atoms with van der Waals surface area (Å²) in [5, 5.41) is 37.1. The molecule has 1 fully saturated rings. The smallest absolute Gasteiger partial charge is 0.546 e. The van der Waals surface area contributed by atoms with Gasteiger partial charge in [0.05, 0.1) is 23.2 Å². The van der Waals surface area contributed by atoms with Crippen molar-refractivity contribution in [3.05, 3.63) is 53.4 Å². The number of nitrogen functional groups attached to an aromatic ring is 1. The molecular formula is C22H16N9NaO7S2. The summed E-state index contributed by atoms with van der Waals surface area (Å²) in [6.45, 7) is -0.821. The largest absolute Gasteiger partial charge is 1.00 e. The fourth-order valence-electron chi connectivity index (χ4n) is 4.17. The number of oxime groups is 1. The van der Waals surface area contributed by atoms with Crippen molar-refractivity contribution in [1.82, 2.24) is 24.0 Å². The maximum atomic E-state index is 13.1. The van der Waals surface area contributed by atoms with E-state index in [1.165, 1.54) is 11.8 Å². The maximum absolute atomic E-state index is 13.1. The molecule has 0 saturated carbocycles. The van der Waals surface area contributed by atoms with Crippen LogP contribution in [0.1, 0.15) is 11.4 Å². The monoisotopic (exact) mass is 605 g/mol. The van der Waals surface area contributed by atoms with E-state index in [2.05, 4.69) is 24.7 Å². The summed E-state index contributed by atoms with van der Waals surface area (Å²) in [5.74, 6) is -4.84. The molecule has 16 nitrogen and oxygen atoms in total. The number of β-lactam (4-membered cyclic amide) rings is 1. The Morgan fingerprint density at radius 1 is 1.34 bits per heavy atom. The number of carboxylic acid groups (broad SMARTS) is 2. The van der Waals surface area contributed by atoms with E-state index in [-0.39, 0.29) is 58.5 Å². The topological polar surface area (TPSA) is 235 Å². The van der Waals surface area contributed by atoms with Crippen molar-refractivity contribution in [2.45, 2.75) is 18.0 Å². The first-order valence-corrected chi connectivity index (χ1v) is 13.1. The molecule has 0 bridgehead atoms. The van der Waals surface area contributed by atoms with Gasteiger partial charge in [-0.05, 0) is 6.07 Å². The van der Waals surface area contributed by atoms with E-state index in [0.29, 0.717) is 16.8 Å². The molecule has 3 aromatic rings. The first-order chi connectivity index (χ1) is 19.2. The zero-order valence-electron chi connectivity index (χ0n) is 21.0. The number of aromatic nitrogens is 4. The number of aliphatic carboxylic acids is 2. The van der Waals surface area contributed by atoms with Crippen LogP contribution in [0.2, 0.25) is 0 Å². The minimum atomic E-state index is -1.59. The number of nitrogens with two attached hydrogens (primary N) is 1. The van der Waals surface area contributed by atoms with Gasteiger partial charge in [-0.1, -0.05) is 5.16 Å². The molecule has 204 valence electrons. The standard InChI is InChI=1S/C22H17N9O7S2.Na/c23-5-10-1-2-12-29(6-10)3-4-30(12)7-11-9-39-20-15(19(35)31(20)16(11)21(36)37)25-18(34)14(27-38-8-13(32)33)17-26-22(24)40-28-17;/h1-4,6,15,20H,7-9H2,(H4-,24,25,26,28,32,33,34,36,37);/q;+1/p-1/b27-14+;. The van der Waals surface area contributed by atoms with Crippen molar-refractivity contribution < 1.29 is 68.4 Å². The third-order valence-electron chi connectivity index (χ3n) is 5.88. The Balaban J connectivity index is 0.00000387. The minimum Gasteiger partial charge on any atom is -0.546 e. The van der Waals surface area contributed by atoms with Crippen LogP contribution >= 0.6 is 23.3 Å². The fraction of sp³-hybridized carbons (Fsp3) is 0.227. The Morgan fingerprint density at radius 2 is 2.12 bits per heavy atom. The number of carbonyl (C=O) groups excluding carboxylic acids is 4. The number of imidazole rings is 1. The van der Waals surface area contributed by atoms with Crippen LogP contribution in [0.3, 0.4) is 0 Å². The number of amides is 2. The molecule has 5 rings (SSSR count). The van der Waals surface area contributed by atoms with Crippen LogP contribution in [-0.4, -0.2) is 71.9 Å². The van der Waals surface area contributed by atoms with Crippen molar-refractivity contribution in [2.24, 2.45) is 5.16 Å². The summed E-state index contributed by atoms with van der Waals surface area (Å²) < 4.78 is 7.34. The van der Waals surface area contributed by atoms with Gasteiger partial charge in [-0.25, -0.2) is 8.97 Å². The molecule has 2 aliphatic heterocycles. The van der Waals surface area contributed by atoms with Crippen LogP contribution in [0, 0.1) is 11.3 Å². The molecule has 0 radical (unpaired) electrons. The fourth-order valence-corrected chi connectivity index (χ4v) is 5.94. The number of nitrogens with zero attached hydrogens (tertiary/aromatic N) is 7. The van der Waals surface area contributed by atoms with Gasteiger partial charge in [-0.3, -0.25) is 14.5 Å². The second-order valence-corrected chi connectivity index (χ2v) is 10.3. The quantitative estimate of drug-likeness (QED) is 0.0761. The number of hydrogen-bond donors (Lipinski definition) is 2. The van der Waals surface area contributed by atoms with E-state index < -0.39 is 47.5 Å². The average molecular weight is 606 g/mol. The molecule has 19 heteroatoms. The molecule has 0 aliphatic carbocycles. The van der Waals surface area contributed by atoms with Crippen LogP contribution < -0.4 is 55.4 Å². The number of pyridine rings is 1. The van der Waals surface area contributed by atoms with Gasteiger partial charge in [0.15, 0.2) is 11.7 Å². The predicted molar refractivity (Wildman–Crippen MR) is 131 cm³/mol. The normalized spacial score (nSPS) is 18.2. The summed E-state index contributed by atoms with van der Waals surface area (Å²) >= 11 is 1.99. The van der Waals surface area contributed by atoms with Crippen molar-refractivity contribution in [2.75, 3.05) is 18.1 Å². The molecule has 2 atom stereocenters. The summed E-state index contributed by atoms with van der Waals surface area (Å²) in [6.07, 6.45) is 5.07. The summed E-state index contributed by atoms with van der Waals surface area (Å²) in [7, 11) is 0. The second-order valence-electron chi connectivity index (χ2n) is 8.36. The number of thioether (sulfide) groups is 1. The molecular weight excluding hydrogens is 589 g/mol. The van der Waals surface area contributed by atoms with E-state index in [9.17, 15) is 29.4 Å². The molecule has 41 heavy (non-hydrogen) atoms. The molecule has 3 N–H and O–H groups in total. The van der Waals surface area contributed by atoms with E-state index in [0.717, 1.165) is 16.4 Å². The van der Waals surface area contributed by atoms with Crippen LogP contribution in [-0.2, 0) is 30.6 Å². The van der Waals surface area contributed by atoms with Crippen molar-refractivity contribution in [3.63, 3.8) is 0 Å². The Labute approximate surface area is 260 Å². The summed E-state index contributed by atoms with van der Waals surface area (Å²) in [5.41, 5.74) is 6.30. The van der Waals surface area contributed by atoms with E-state index in [1.54, 1.807) is 39.7 Å².